The first-order valence-corrected chi connectivity index (χ1v) is 6.65. The lowest BCUT2D eigenvalue weighted by Gasteiger charge is -2.30. The van der Waals surface area contributed by atoms with Crippen LogP contribution in [0.5, 0.6) is 0 Å². The van der Waals surface area contributed by atoms with Crippen LogP contribution in [0.4, 0.5) is 0 Å². The van der Waals surface area contributed by atoms with Crippen molar-refractivity contribution in [2.75, 3.05) is 67.6 Å². The highest BCUT2D eigenvalue weighted by atomic mass is 16.5. The van der Waals surface area contributed by atoms with Crippen LogP contribution in [0.1, 0.15) is 6.92 Å². The second kappa shape index (κ2) is 7.72. The molecule has 0 rings (SSSR count). The molecule has 0 radical (unpaired) electrons. The smallest absolute Gasteiger partial charge is 0.102 e. The second-order valence-corrected chi connectivity index (χ2v) is 6.52. The number of likely N-dealkylation sites (N-methyl/N-ethyl adjacent to an activating group) is 2. The third-order valence-corrected chi connectivity index (χ3v) is 3.00. The number of rotatable bonds is 10. The summed E-state index contributed by atoms with van der Waals surface area (Å²) in [5, 5.41) is 0. The van der Waals surface area contributed by atoms with Gasteiger partial charge in [0.15, 0.2) is 0 Å². The Morgan fingerprint density at radius 2 is 1.56 bits per heavy atom. The van der Waals surface area contributed by atoms with E-state index in [1.165, 1.54) is 5.57 Å². The topological polar surface area (TPSA) is 9.23 Å². The van der Waals surface area contributed by atoms with E-state index in [0.717, 1.165) is 48.4 Å². The van der Waals surface area contributed by atoms with E-state index in [1.807, 2.05) is 6.08 Å². The van der Waals surface area contributed by atoms with Gasteiger partial charge in [0.1, 0.15) is 13.1 Å². The Balaban J connectivity index is 3.74. The number of ether oxygens (including phenoxy) is 1. The maximum absolute atomic E-state index is 5.74. The van der Waals surface area contributed by atoms with E-state index >= 15 is 0 Å². The molecule has 0 fully saturated rings. The van der Waals surface area contributed by atoms with Crippen molar-refractivity contribution < 1.29 is 13.7 Å². The average molecular weight is 256 g/mol. The van der Waals surface area contributed by atoms with E-state index in [4.69, 9.17) is 4.74 Å². The molecule has 0 amide bonds. The molecule has 3 heteroatoms. The predicted molar refractivity (Wildman–Crippen MR) is 79.5 cm³/mol. The monoisotopic (exact) mass is 256 g/mol. The van der Waals surface area contributed by atoms with Gasteiger partial charge in [-0.25, -0.2) is 0 Å². The molecule has 0 bridgehead atoms. The predicted octanol–water partition coefficient (Wildman–Crippen LogP) is 1.92. The van der Waals surface area contributed by atoms with E-state index in [0.29, 0.717) is 0 Å². The van der Waals surface area contributed by atoms with Crippen molar-refractivity contribution >= 4 is 0 Å². The minimum absolute atomic E-state index is 0.813. The summed E-state index contributed by atoms with van der Waals surface area (Å²) < 4.78 is 7.62. The molecule has 0 aliphatic heterocycles. The lowest BCUT2D eigenvalue weighted by atomic mass is 10.3. The van der Waals surface area contributed by atoms with Crippen molar-refractivity contribution in [1.82, 2.24) is 0 Å². The first-order chi connectivity index (χ1) is 8.18. The van der Waals surface area contributed by atoms with Crippen molar-refractivity contribution in [3.63, 3.8) is 0 Å². The highest BCUT2D eigenvalue weighted by Crippen LogP contribution is 2.02. The number of hydrogen-bond acceptors (Lipinski definition) is 1. The quantitative estimate of drug-likeness (QED) is 0.330. The molecule has 0 saturated carbocycles. The largest absolute Gasteiger partial charge is 0.370 e. The number of quaternary nitrogens is 2. The van der Waals surface area contributed by atoms with Gasteiger partial charge >= 0.3 is 0 Å². The highest BCUT2D eigenvalue weighted by Gasteiger charge is 2.16. The van der Waals surface area contributed by atoms with Gasteiger partial charge in [-0.1, -0.05) is 13.2 Å². The first-order valence-electron chi connectivity index (χ1n) is 6.65. The van der Waals surface area contributed by atoms with E-state index in [-0.39, 0.29) is 0 Å². The van der Waals surface area contributed by atoms with E-state index in [2.05, 4.69) is 48.3 Å². The van der Waals surface area contributed by atoms with Gasteiger partial charge in [0.25, 0.3) is 0 Å². The highest BCUT2D eigenvalue weighted by molar-refractivity contribution is 4.87. The summed E-state index contributed by atoms with van der Waals surface area (Å²) in [7, 11) is 8.84. The standard InChI is InChI=1S/C15H32N2O/c1-8-9-16(4,5)10-12-18-13-11-17(6,7)14-15(2)3/h8H,1-2,9-14H2,3-7H3/q+2. The Morgan fingerprint density at radius 3 is 2.00 bits per heavy atom. The summed E-state index contributed by atoms with van der Waals surface area (Å²) in [5.41, 5.74) is 1.23. The van der Waals surface area contributed by atoms with Crippen molar-refractivity contribution in [3.8, 4) is 0 Å². The number of nitrogens with zero attached hydrogens (tertiary/aromatic N) is 2. The van der Waals surface area contributed by atoms with Crippen molar-refractivity contribution in [1.29, 1.82) is 0 Å². The van der Waals surface area contributed by atoms with Crippen LogP contribution in [0.3, 0.4) is 0 Å². The third-order valence-electron chi connectivity index (χ3n) is 3.00. The average Bonchev–Trinajstić information content (AvgIpc) is 2.14. The third kappa shape index (κ3) is 9.40. The van der Waals surface area contributed by atoms with Gasteiger partial charge in [-0.15, -0.1) is 0 Å². The molecule has 18 heavy (non-hydrogen) atoms. The molecule has 0 aliphatic carbocycles. The minimum Gasteiger partial charge on any atom is -0.370 e. The lowest BCUT2D eigenvalue weighted by molar-refractivity contribution is -0.889. The van der Waals surface area contributed by atoms with Crippen LogP contribution >= 0.6 is 0 Å². The molecule has 0 aromatic heterocycles. The molecule has 0 N–H and O–H groups in total. The van der Waals surface area contributed by atoms with Crippen molar-refractivity contribution in [3.05, 3.63) is 24.8 Å². The lowest BCUT2D eigenvalue weighted by Crippen LogP contribution is -2.44. The SMILES string of the molecule is C=CC[N+](C)(C)CCOCC[N+](C)(C)CC(=C)C. The molecule has 0 unspecified atom stereocenters. The summed E-state index contributed by atoms with van der Waals surface area (Å²) in [6, 6.07) is 0. The summed E-state index contributed by atoms with van der Waals surface area (Å²) >= 11 is 0. The molecule has 0 spiro atoms. The van der Waals surface area contributed by atoms with E-state index in [1.54, 1.807) is 0 Å². The Bertz CT molecular complexity index is 270. The first kappa shape index (κ1) is 17.4. The maximum atomic E-state index is 5.74. The molecule has 0 heterocycles. The van der Waals surface area contributed by atoms with Crippen LogP contribution in [0.2, 0.25) is 0 Å². The normalized spacial score (nSPS) is 12.5. The van der Waals surface area contributed by atoms with Gasteiger partial charge in [0.2, 0.25) is 0 Å². The van der Waals surface area contributed by atoms with E-state index in [9.17, 15) is 0 Å². The molecule has 0 aromatic rings. The van der Waals surface area contributed by atoms with Gasteiger partial charge < -0.3 is 13.7 Å². The Labute approximate surface area is 114 Å². The molecule has 0 aromatic carbocycles. The van der Waals surface area contributed by atoms with Crippen LogP contribution in [0.25, 0.3) is 0 Å². The number of hydrogen-bond donors (Lipinski definition) is 0. The van der Waals surface area contributed by atoms with Gasteiger partial charge in [0.05, 0.1) is 54.5 Å². The van der Waals surface area contributed by atoms with Crippen molar-refractivity contribution in [2.45, 2.75) is 6.92 Å². The minimum atomic E-state index is 0.813. The Hall–Kier alpha value is -0.640. The van der Waals surface area contributed by atoms with Crippen molar-refractivity contribution in [2.24, 2.45) is 0 Å². The fourth-order valence-corrected chi connectivity index (χ4v) is 1.98. The van der Waals surface area contributed by atoms with Crippen LogP contribution in [0.15, 0.2) is 24.8 Å². The molecule has 106 valence electrons. The molecule has 0 aliphatic rings. The van der Waals surface area contributed by atoms with Crippen LogP contribution < -0.4 is 0 Å². The maximum Gasteiger partial charge on any atom is 0.102 e. The van der Waals surface area contributed by atoms with Crippen LogP contribution in [-0.4, -0.2) is 76.5 Å². The van der Waals surface area contributed by atoms with E-state index < -0.39 is 0 Å². The van der Waals surface area contributed by atoms with Gasteiger partial charge in [-0.3, -0.25) is 0 Å². The fourth-order valence-electron chi connectivity index (χ4n) is 1.98. The van der Waals surface area contributed by atoms with Gasteiger partial charge in [-0.05, 0) is 18.6 Å². The van der Waals surface area contributed by atoms with Gasteiger partial charge in [-0.2, -0.15) is 0 Å². The summed E-state index contributed by atoms with van der Waals surface area (Å²) in [4.78, 5) is 0. The summed E-state index contributed by atoms with van der Waals surface area (Å²) in [6.45, 7) is 15.5. The fraction of sp³-hybridized carbons (Fsp3) is 0.733. The Kier molecular flexibility index (Phi) is 7.45. The molecular formula is C15H32N2O+2. The summed E-state index contributed by atoms with van der Waals surface area (Å²) in [6.07, 6.45) is 1.97. The molecule has 0 atom stereocenters. The second-order valence-electron chi connectivity index (χ2n) is 6.52. The molecule has 3 nitrogen and oxygen atoms in total. The zero-order valence-corrected chi connectivity index (χ0v) is 13.0. The van der Waals surface area contributed by atoms with Crippen LogP contribution in [0, 0.1) is 0 Å². The Morgan fingerprint density at radius 1 is 1.06 bits per heavy atom. The molecule has 0 saturated heterocycles. The zero-order chi connectivity index (χ0) is 14.2. The zero-order valence-electron chi connectivity index (χ0n) is 13.0. The van der Waals surface area contributed by atoms with Gasteiger partial charge in [0, 0.05) is 0 Å². The summed E-state index contributed by atoms with van der Waals surface area (Å²) in [5.74, 6) is 0. The van der Waals surface area contributed by atoms with Crippen LogP contribution in [-0.2, 0) is 4.74 Å². The molecular weight excluding hydrogens is 224 g/mol.